The number of nitrogens with one attached hydrogen (secondary N) is 1. The summed E-state index contributed by atoms with van der Waals surface area (Å²) in [5, 5.41) is 11.9. The van der Waals surface area contributed by atoms with Gasteiger partial charge in [0.2, 0.25) is 0 Å². The molecular weight excluding hydrogens is 336 g/mol. The standard InChI is InChI=1S/C22H28N4O/c1-4-6-19-12-20(25-27-19)21-7-5-10-26(21)14-18-13-23-24-22(18)17-9-8-15(2)16(3)11-17/h8-9,11-13,21H,4-7,10,14H2,1-3H3,(H,23,24)/t21-/m1/s1. The van der Waals surface area contributed by atoms with Crippen molar-refractivity contribution in [3.8, 4) is 11.3 Å². The molecule has 0 radical (unpaired) electrons. The van der Waals surface area contributed by atoms with Crippen molar-refractivity contribution in [1.29, 1.82) is 0 Å². The predicted molar refractivity (Wildman–Crippen MR) is 106 cm³/mol. The molecule has 27 heavy (non-hydrogen) atoms. The van der Waals surface area contributed by atoms with Crippen LogP contribution in [0.15, 0.2) is 35.0 Å². The molecule has 1 atom stereocenters. The van der Waals surface area contributed by atoms with Crippen molar-refractivity contribution < 1.29 is 4.52 Å². The SMILES string of the molecule is CCCc1cc([C@H]2CCCN2Cc2cn[nH]c2-c2ccc(C)c(C)c2)no1. The summed E-state index contributed by atoms with van der Waals surface area (Å²) >= 11 is 0. The van der Waals surface area contributed by atoms with Crippen LogP contribution in [0.1, 0.15) is 60.4 Å². The highest BCUT2D eigenvalue weighted by atomic mass is 16.5. The van der Waals surface area contributed by atoms with E-state index in [4.69, 9.17) is 4.52 Å². The molecule has 142 valence electrons. The number of aryl methyl sites for hydroxylation is 3. The number of likely N-dealkylation sites (tertiary alicyclic amines) is 1. The summed E-state index contributed by atoms with van der Waals surface area (Å²) in [5.41, 5.74) is 7.25. The highest BCUT2D eigenvalue weighted by molar-refractivity contribution is 5.64. The monoisotopic (exact) mass is 364 g/mol. The Kier molecular flexibility index (Phi) is 5.12. The molecule has 1 saturated heterocycles. The molecule has 1 N–H and O–H groups in total. The Morgan fingerprint density at radius 2 is 2.11 bits per heavy atom. The van der Waals surface area contributed by atoms with Gasteiger partial charge in [-0.15, -0.1) is 0 Å². The van der Waals surface area contributed by atoms with Crippen LogP contribution < -0.4 is 0 Å². The fourth-order valence-electron chi connectivity index (χ4n) is 4.00. The molecule has 1 aromatic carbocycles. The minimum atomic E-state index is 0.335. The van der Waals surface area contributed by atoms with Crippen molar-refractivity contribution in [3.63, 3.8) is 0 Å². The Hall–Kier alpha value is -2.40. The van der Waals surface area contributed by atoms with Gasteiger partial charge < -0.3 is 4.52 Å². The molecule has 1 fully saturated rings. The van der Waals surface area contributed by atoms with E-state index in [1.165, 1.54) is 28.7 Å². The van der Waals surface area contributed by atoms with Gasteiger partial charge in [0, 0.05) is 30.2 Å². The molecule has 0 spiro atoms. The molecular formula is C22H28N4O. The van der Waals surface area contributed by atoms with Crippen molar-refractivity contribution in [1.82, 2.24) is 20.3 Å². The Balaban J connectivity index is 1.55. The van der Waals surface area contributed by atoms with Crippen molar-refractivity contribution >= 4 is 0 Å². The van der Waals surface area contributed by atoms with Gasteiger partial charge in [-0.3, -0.25) is 10.00 Å². The van der Waals surface area contributed by atoms with Crippen molar-refractivity contribution in [2.75, 3.05) is 6.54 Å². The zero-order chi connectivity index (χ0) is 18.8. The van der Waals surface area contributed by atoms with E-state index in [9.17, 15) is 0 Å². The molecule has 0 bridgehead atoms. The van der Waals surface area contributed by atoms with E-state index in [2.05, 4.69) is 65.3 Å². The number of benzene rings is 1. The van der Waals surface area contributed by atoms with Crippen molar-refractivity contribution in [2.45, 2.75) is 59.0 Å². The third kappa shape index (κ3) is 3.69. The maximum atomic E-state index is 5.52. The van der Waals surface area contributed by atoms with Gasteiger partial charge in [-0.2, -0.15) is 5.10 Å². The van der Waals surface area contributed by atoms with E-state index in [1.807, 2.05) is 6.20 Å². The molecule has 0 saturated carbocycles. The highest BCUT2D eigenvalue weighted by Gasteiger charge is 2.29. The Labute approximate surface area is 160 Å². The molecule has 2 aromatic heterocycles. The van der Waals surface area contributed by atoms with E-state index >= 15 is 0 Å². The van der Waals surface area contributed by atoms with Gasteiger partial charge in [0.25, 0.3) is 0 Å². The fourth-order valence-corrected chi connectivity index (χ4v) is 4.00. The Morgan fingerprint density at radius 1 is 1.22 bits per heavy atom. The largest absolute Gasteiger partial charge is 0.361 e. The van der Waals surface area contributed by atoms with Gasteiger partial charge >= 0.3 is 0 Å². The van der Waals surface area contributed by atoms with Crippen molar-refractivity contribution in [3.05, 3.63) is 58.6 Å². The lowest BCUT2D eigenvalue weighted by atomic mass is 10.0. The van der Waals surface area contributed by atoms with E-state index in [-0.39, 0.29) is 0 Å². The normalized spacial score (nSPS) is 17.7. The Morgan fingerprint density at radius 3 is 2.93 bits per heavy atom. The minimum absolute atomic E-state index is 0.335. The van der Waals surface area contributed by atoms with Crippen LogP contribution in [0, 0.1) is 13.8 Å². The lowest BCUT2D eigenvalue weighted by molar-refractivity contribution is 0.236. The number of hydrogen-bond acceptors (Lipinski definition) is 4. The molecule has 4 rings (SSSR count). The molecule has 1 aliphatic rings. The number of H-pyrrole nitrogens is 1. The van der Waals surface area contributed by atoms with E-state index in [1.54, 1.807) is 0 Å². The van der Waals surface area contributed by atoms with Gasteiger partial charge in [0.15, 0.2) is 0 Å². The first-order chi connectivity index (χ1) is 13.2. The summed E-state index contributed by atoms with van der Waals surface area (Å²) < 4.78 is 5.52. The van der Waals surface area contributed by atoms with Crippen molar-refractivity contribution in [2.24, 2.45) is 0 Å². The van der Waals surface area contributed by atoms with E-state index < -0.39 is 0 Å². The van der Waals surface area contributed by atoms with Gasteiger partial charge in [-0.25, -0.2) is 0 Å². The zero-order valence-electron chi connectivity index (χ0n) is 16.5. The molecule has 1 aliphatic heterocycles. The van der Waals surface area contributed by atoms with E-state index in [0.717, 1.165) is 49.5 Å². The quantitative estimate of drug-likeness (QED) is 0.671. The maximum Gasteiger partial charge on any atom is 0.137 e. The zero-order valence-corrected chi connectivity index (χ0v) is 16.5. The van der Waals surface area contributed by atoms with Crippen LogP contribution in [0.5, 0.6) is 0 Å². The number of aromatic nitrogens is 3. The van der Waals surface area contributed by atoms with Crippen LogP contribution in [0.4, 0.5) is 0 Å². The van der Waals surface area contributed by atoms with Gasteiger partial charge in [0.05, 0.1) is 17.9 Å². The summed E-state index contributed by atoms with van der Waals surface area (Å²) in [7, 11) is 0. The maximum absolute atomic E-state index is 5.52. The summed E-state index contributed by atoms with van der Waals surface area (Å²) in [4.78, 5) is 2.50. The van der Waals surface area contributed by atoms with Gasteiger partial charge in [-0.05, 0) is 56.8 Å². The second-order valence-corrected chi connectivity index (χ2v) is 7.67. The highest BCUT2D eigenvalue weighted by Crippen LogP contribution is 2.34. The predicted octanol–water partition coefficient (Wildman–Crippen LogP) is 4.97. The summed E-state index contributed by atoms with van der Waals surface area (Å²) in [6.07, 6.45) is 6.33. The molecule has 3 aromatic rings. The number of aromatic amines is 1. The fraction of sp³-hybridized carbons (Fsp3) is 0.455. The minimum Gasteiger partial charge on any atom is -0.361 e. The summed E-state index contributed by atoms with van der Waals surface area (Å²) in [6.45, 7) is 8.42. The van der Waals surface area contributed by atoms with Crippen LogP contribution >= 0.6 is 0 Å². The molecule has 5 nitrogen and oxygen atoms in total. The number of rotatable bonds is 6. The smallest absolute Gasteiger partial charge is 0.137 e. The summed E-state index contributed by atoms with van der Waals surface area (Å²) in [5.74, 6) is 0.999. The average molecular weight is 364 g/mol. The van der Waals surface area contributed by atoms with Crippen LogP contribution in [-0.2, 0) is 13.0 Å². The van der Waals surface area contributed by atoms with Gasteiger partial charge in [0.1, 0.15) is 11.5 Å². The molecule has 0 unspecified atom stereocenters. The average Bonchev–Trinajstić information content (AvgIpc) is 3.39. The van der Waals surface area contributed by atoms with Gasteiger partial charge in [-0.1, -0.05) is 24.2 Å². The van der Waals surface area contributed by atoms with Crippen LogP contribution in [0.3, 0.4) is 0 Å². The second kappa shape index (κ2) is 7.69. The number of nitrogens with zero attached hydrogens (tertiary/aromatic N) is 3. The first-order valence-corrected chi connectivity index (χ1v) is 9.95. The second-order valence-electron chi connectivity index (χ2n) is 7.67. The first-order valence-electron chi connectivity index (χ1n) is 9.95. The molecule has 0 amide bonds. The lowest BCUT2D eigenvalue weighted by Crippen LogP contribution is -2.23. The molecule has 5 heteroatoms. The number of hydrogen-bond donors (Lipinski definition) is 1. The van der Waals surface area contributed by atoms with E-state index in [0.29, 0.717) is 6.04 Å². The lowest BCUT2D eigenvalue weighted by Gasteiger charge is -2.22. The van der Waals surface area contributed by atoms with Crippen LogP contribution in [-0.4, -0.2) is 26.8 Å². The Bertz CT molecular complexity index is 911. The summed E-state index contributed by atoms with van der Waals surface area (Å²) in [6, 6.07) is 9.07. The first kappa shape index (κ1) is 18.0. The van der Waals surface area contributed by atoms with Crippen LogP contribution in [0.25, 0.3) is 11.3 Å². The topological polar surface area (TPSA) is 58.0 Å². The third-order valence-corrected chi connectivity index (χ3v) is 5.67. The molecule has 0 aliphatic carbocycles. The third-order valence-electron chi connectivity index (χ3n) is 5.67. The molecule has 3 heterocycles. The van der Waals surface area contributed by atoms with Crippen LogP contribution in [0.2, 0.25) is 0 Å².